The van der Waals surface area contributed by atoms with Crippen LogP contribution in [0.5, 0.6) is 0 Å². The van der Waals surface area contributed by atoms with Gasteiger partial charge in [-0.1, -0.05) is 18.6 Å². The van der Waals surface area contributed by atoms with Gasteiger partial charge in [-0.2, -0.15) is 0 Å². The number of carbonyl (C=O) groups excluding carboxylic acids is 3. The Morgan fingerprint density at radius 2 is 1.97 bits per heavy atom. The van der Waals surface area contributed by atoms with Crippen molar-refractivity contribution in [2.75, 3.05) is 12.4 Å². The monoisotopic (exact) mass is 410 g/mol. The number of anilines is 1. The van der Waals surface area contributed by atoms with Crippen LogP contribution < -0.4 is 10.6 Å². The summed E-state index contributed by atoms with van der Waals surface area (Å²) in [4.78, 5) is 36.3. The molecule has 1 aliphatic carbocycles. The van der Waals surface area contributed by atoms with Crippen LogP contribution in [0.4, 0.5) is 10.1 Å². The fourth-order valence-corrected chi connectivity index (χ4v) is 3.05. The molecule has 3 rings (SSSR count). The van der Waals surface area contributed by atoms with Gasteiger partial charge in [0.1, 0.15) is 5.82 Å². The van der Waals surface area contributed by atoms with E-state index in [0.717, 1.165) is 19.3 Å². The molecule has 1 fully saturated rings. The van der Waals surface area contributed by atoms with Crippen LogP contribution >= 0.6 is 0 Å². The highest BCUT2D eigenvalue weighted by atomic mass is 19.1. The standard InChI is InChI=1S/C23H23FN2O4/c1-30-23(29)18-10-16(12-20(13-18)26-22(28)17-5-3-6-17)14-25-21(27)9-8-15-4-2-7-19(24)11-15/h2,4,7-13,17H,3,5-6,14H2,1H3,(H,25,27)(H,26,28). The van der Waals surface area contributed by atoms with Gasteiger partial charge in [-0.25, -0.2) is 9.18 Å². The van der Waals surface area contributed by atoms with E-state index in [-0.39, 0.29) is 35.7 Å². The third-order valence-electron chi connectivity index (χ3n) is 4.90. The Morgan fingerprint density at radius 3 is 2.63 bits per heavy atom. The summed E-state index contributed by atoms with van der Waals surface area (Å²) in [7, 11) is 1.28. The predicted molar refractivity (Wildman–Crippen MR) is 111 cm³/mol. The topological polar surface area (TPSA) is 84.5 Å². The molecule has 0 aliphatic heterocycles. The first-order valence-electron chi connectivity index (χ1n) is 9.69. The van der Waals surface area contributed by atoms with Crippen molar-refractivity contribution in [3.63, 3.8) is 0 Å². The van der Waals surface area contributed by atoms with E-state index in [4.69, 9.17) is 4.74 Å². The maximum Gasteiger partial charge on any atom is 0.337 e. The van der Waals surface area contributed by atoms with Crippen LogP contribution in [0.1, 0.15) is 40.7 Å². The molecular formula is C23H23FN2O4. The second kappa shape index (κ2) is 9.82. The van der Waals surface area contributed by atoms with Gasteiger partial charge in [0.25, 0.3) is 0 Å². The molecule has 1 aliphatic rings. The first-order valence-corrected chi connectivity index (χ1v) is 9.69. The Hall–Kier alpha value is -3.48. The number of carbonyl (C=O) groups is 3. The molecule has 0 saturated heterocycles. The molecule has 2 amide bonds. The maximum atomic E-state index is 13.2. The van der Waals surface area contributed by atoms with E-state index in [1.165, 1.54) is 31.4 Å². The fraction of sp³-hybridized carbons (Fsp3) is 0.261. The Morgan fingerprint density at radius 1 is 1.17 bits per heavy atom. The number of amides is 2. The van der Waals surface area contributed by atoms with Crippen molar-refractivity contribution in [2.45, 2.75) is 25.8 Å². The summed E-state index contributed by atoms with van der Waals surface area (Å²) in [5, 5.41) is 5.54. The summed E-state index contributed by atoms with van der Waals surface area (Å²) in [6.45, 7) is 0.142. The molecule has 0 unspecified atom stereocenters. The predicted octanol–water partition coefficient (Wildman–Crippen LogP) is 3.68. The lowest BCUT2D eigenvalue weighted by Crippen LogP contribution is -2.28. The van der Waals surface area contributed by atoms with Crippen molar-refractivity contribution < 1.29 is 23.5 Å². The molecule has 0 atom stereocenters. The molecule has 2 aromatic carbocycles. The van der Waals surface area contributed by atoms with Crippen molar-refractivity contribution in [3.8, 4) is 0 Å². The Bertz CT molecular complexity index is 983. The van der Waals surface area contributed by atoms with Crippen LogP contribution in [0.2, 0.25) is 0 Å². The van der Waals surface area contributed by atoms with E-state index in [1.54, 1.807) is 30.3 Å². The van der Waals surface area contributed by atoms with Gasteiger partial charge in [-0.15, -0.1) is 0 Å². The smallest absolute Gasteiger partial charge is 0.337 e. The van der Waals surface area contributed by atoms with Gasteiger partial charge in [-0.3, -0.25) is 9.59 Å². The normalized spacial score (nSPS) is 13.5. The highest BCUT2D eigenvalue weighted by Crippen LogP contribution is 2.28. The summed E-state index contributed by atoms with van der Waals surface area (Å²) < 4.78 is 18.0. The van der Waals surface area contributed by atoms with Crippen molar-refractivity contribution in [2.24, 2.45) is 5.92 Å². The quantitative estimate of drug-likeness (QED) is 0.539. The lowest BCUT2D eigenvalue weighted by atomic mass is 9.85. The molecule has 6 nitrogen and oxygen atoms in total. The van der Waals surface area contributed by atoms with Crippen LogP contribution in [-0.4, -0.2) is 24.9 Å². The summed E-state index contributed by atoms with van der Waals surface area (Å²) >= 11 is 0. The molecular weight excluding hydrogens is 387 g/mol. The Balaban J connectivity index is 1.67. The van der Waals surface area contributed by atoms with Crippen molar-refractivity contribution >= 4 is 29.5 Å². The van der Waals surface area contributed by atoms with Crippen molar-refractivity contribution in [3.05, 3.63) is 71.0 Å². The van der Waals surface area contributed by atoms with Crippen LogP contribution in [0.3, 0.4) is 0 Å². The number of nitrogens with one attached hydrogen (secondary N) is 2. The molecule has 0 spiro atoms. The van der Waals surface area contributed by atoms with E-state index in [9.17, 15) is 18.8 Å². The number of methoxy groups -OCH3 is 1. The second-order valence-corrected chi connectivity index (χ2v) is 7.13. The maximum absolute atomic E-state index is 13.2. The third kappa shape index (κ3) is 5.76. The molecule has 30 heavy (non-hydrogen) atoms. The zero-order valence-electron chi connectivity index (χ0n) is 16.6. The van der Waals surface area contributed by atoms with E-state index >= 15 is 0 Å². The SMILES string of the molecule is COC(=O)c1cc(CNC(=O)C=Cc2cccc(F)c2)cc(NC(=O)C2CCC2)c1. The third-order valence-corrected chi connectivity index (χ3v) is 4.90. The van der Waals surface area contributed by atoms with Gasteiger partial charge >= 0.3 is 5.97 Å². The Labute approximate surface area is 174 Å². The van der Waals surface area contributed by atoms with E-state index in [2.05, 4.69) is 10.6 Å². The number of ether oxygens (including phenoxy) is 1. The van der Waals surface area contributed by atoms with Gasteiger partial charge in [-0.05, 0) is 60.4 Å². The molecule has 156 valence electrons. The zero-order chi connectivity index (χ0) is 21.5. The first kappa shape index (κ1) is 21.2. The van der Waals surface area contributed by atoms with E-state index < -0.39 is 5.97 Å². The molecule has 0 radical (unpaired) electrons. The second-order valence-electron chi connectivity index (χ2n) is 7.13. The average molecular weight is 410 g/mol. The van der Waals surface area contributed by atoms with Crippen molar-refractivity contribution in [1.29, 1.82) is 0 Å². The molecule has 7 heteroatoms. The summed E-state index contributed by atoms with van der Waals surface area (Å²) in [5.74, 6) is -1.36. The highest BCUT2D eigenvalue weighted by molar-refractivity contribution is 5.96. The highest BCUT2D eigenvalue weighted by Gasteiger charge is 2.25. The number of esters is 1. The largest absolute Gasteiger partial charge is 0.465 e. The molecule has 1 saturated carbocycles. The summed E-state index contributed by atoms with van der Waals surface area (Å²) in [5.41, 5.74) is 1.96. The molecule has 2 aromatic rings. The summed E-state index contributed by atoms with van der Waals surface area (Å²) in [6.07, 6.45) is 5.58. The minimum atomic E-state index is -0.534. The van der Waals surface area contributed by atoms with Crippen LogP contribution in [0.25, 0.3) is 6.08 Å². The number of rotatable bonds is 7. The zero-order valence-corrected chi connectivity index (χ0v) is 16.6. The number of hydrogen-bond acceptors (Lipinski definition) is 4. The fourth-order valence-electron chi connectivity index (χ4n) is 3.05. The number of hydrogen-bond donors (Lipinski definition) is 2. The van der Waals surface area contributed by atoms with Crippen molar-refractivity contribution in [1.82, 2.24) is 5.32 Å². The molecule has 2 N–H and O–H groups in total. The molecule has 0 heterocycles. The van der Waals surface area contributed by atoms with Gasteiger partial charge in [0.15, 0.2) is 0 Å². The van der Waals surface area contributed by atoms with Gasteiger partial charge in [0.05, 0.1) is 12.7 Å². The molecule has 0 aromatic heterocycles. The molecule has 0 bridgehead atoms. The Kier molecular flexibility index (Phi) is 6.95. The van der Waals surface area contributed by atoms with Gasteiger partial charge in [0.2, 0.25) is 11.8 Å². The lowest BCUT2D eigenvalue weighted by molar-refractivity contribution is -0.122. The lowest BCUT2D eigenvalue weighted by Gasteiger charge is -2.24. The van der Waals surface area contributed by atoms with Crippen LogP contribution in [0, 0.1) is 11.7 Å². The van der Waals surface area contributed by atoms with E-state index in [1.807, 2.05) is 0 Å². The first-order chi connectivity index (χ1) is 14.4. The van der Waals surface area contributed by atoms with Gasteiger partial charge < -0.3 is 15.4 Å². The average Bonchev–Trinajstić information content (AvgIpc) is 2.68. The minimum Gasteiger partial charge on any atom is -0.465 e. The van der Waals surface area contributed by atoms with Crippen LogP contribution in [-0.2, 0) is 20.9 Å². The number of halogens is 1. The van der Waals surface area contributed by atoms with Crippen LogP contribution in [0.15, 0.2) is 48.5 Å². The summed E-state index contributed by atoms with van der Waals surface area (Å²) in [6, 6.07) is 10.8. The van der Waals surface area contributed by atoms with Gasteiger partial charge in [0, 0.05) is 24.2 Å². The van der Waals surface area contributed by atoms with E-state index in [0.29, 0.717) is 16.8 Å². The number of benzene rings is 2. The minimum absolute atomic E-state index is 0.00268.